The zero-order valence-electron chi connectivity index (χ0n) is 11.8. The van der Waals surface area contributed by atoms with Gasteiger partial charge in [-0.25, -0.2) is 8.78 Å². The molecule has 1 atom stereocenters. The lowest BCUT2D eigenvalue weighted by atomic mass is 9.57. The number of primary amides is 1. The van der Waals surface area contributed by atoms with E-state index in [-0.39, 0.29) is 12.8 Å². The highest BCUT2D eigenvalue weighted by Gasteiger charge is 2.59. The van der Waals surface area contributed by atoms with Gasteiger partial charge in [0.15, 0.2) is 0 Å². The van der Waals surface area contributed by atoms with Crippen molar-refractivity contribution in [3.05, 3.63) is 33.3 Å². The Balaban J connectivity index is 2.49. The number of rotatable bonds is 3. The summed E-state index contributed by atoms with van der Waals surface area (Å²) in [4.78, 5) is 11.9. The molecule has 20 heavy (non-hydrogen) atoms. The summed E-state index contributed by atoms with van der Waals surface area (Å²) in [7, 11) is 0. The predicted molar refractivity (Wildman–Crippen MR) is 77.8 cm³/mol. The van der Waals surface area contributed by atoms with Gasteiger partial charge in [-0.05, 0) is 48.1 Å². The minimum absolute atomic E-state index is 0.289. The molecule has 1 aliphatic carbocycles. The summed E-state index contributed by atoms with van der Waals surface area (Å²) in [5.41, 5.74) is 7.36. The van der Waals surface area contributed by atoms with Crippen LogP contribution in [0.2, 0.25) is 0 Å². The van der Waals surface area contributed by atoms with Gasteiger partial charge >= 0.3 is 0 Å². The Hall–Kier alpha value is -0.970. The normalized spacial score (nSPS) is 21.1. The fourth-order valence-corrected chi connectivity index (χ4v) is 4.23. The topological polar surface area (TPSA) is 43.1 Å². The quantitative estimate of drug-likeness (QED) is 0.881. The van der Waals surface area contributed by atoms with Crippen LogP contribution in [0.1, 0.15) is 42.4 Å². The second-order valence-corrected chi connectivity index (χ2v) is 7.07. The van der Waals surface area contributed by atoms with Crippen molar-refractivity contribution in [2.75, 3.05) is 0 Å². The molecule has 2 rings (SSSR count). The first-order chi connectivity index (χ1) is 9.06. The number of aryl methyl sites for hydroxylation is 2. The fraction of sp³-hybridized carbons (Fsp3) is 0.533. The number of carbonyl (C=O) groups is 1. The van der Waals surface area contributed by atoms with Gasteiger partial charge in [-0.1, -0.05) is 22.9 Å². The van der Waals surface area contributed by atoms with Crippen LogP contribution in [0.15, 0.2) is 16.6 Å². The van der Waals surface area contributed by atoms with Crippen LogP contribution in [0, 0.1) is 19.3 Å². The number of alkyl halides is 2. The largest absolute Gasteiger partial charge is 0.369 e. The van der Waals surface area contributed by atoms with Crippen LogP contribution in [0.25, 0.3) is 0 Å². The average Bonchev–Trinajstić information content (AvgIpc) is 2.18. The van der Waals surface area contributed by atoms with E-state index in [0.717, 1.165) is 21.2 Å². The summed E-state index contributed by atoms with van der Waals surface area (Å²) in [5.74, 6) is -3.88. The molecule has 5 heteroatoms. The lowest BCUT2D eigenvalue weighted by molar-refractivity contribution is -0.168. The van der Waals surface area contributed by atoms with Crippen molar-refractivity contribution in [3.63, 3.8) is 0 Å². The monoisotopic (exact) mass is 345 g/mol. The fourth-order valence-electron chi connectivity index (χ4n) is 3.55. The molecule has 110 valence electrons. The van der Waals surface area contributed by atoms with Crippen LogP contribution < -0.4 is 5.73 Å². The van der Waals surface area contributed by atoms with Gasteiger partial charge in [0.25, 0.3) is 0 Å². The molecule has 0 aliphatic heterocycles. The van der Waals surface area contributed by atoms with Crippen molar-refractivity contribution in [3.8, 4) is 0 Å². The Morgan fingerprint density at radius 3 is 2.10 bits per heavy atom. The van der Waals surface area contributed by atoms with E-state index in [4.69, 9.17) is 5.73 Å². The summed E-state index contributed by atoms with van der Waals surface area (Å²) in [5, 5.41) is 0. The van der Waals surface area contributed by atoms with Crippen molar-refractivity contribution >= 4 is 21.8 Å². The summed E-state index contributed by atoms with van der Waals surface area (Å²) in [6.45, 7) is 5.48. The van der Waals surface area contributed by atoms with Crippen molar-refractivity contribution in [1.29, 1.82) is 0 Å². The molecule has 1 saturated carbocycles. The van der Waals surface area contributed by atoms with Crippen LogP contribution in [0.5, 0.6) is 0 Å². The Morgan fingerprint density at radius 1 is 1.30 bits per heavy atom. The van der Waals surface area contributed by atoms with E-state index in [0.29, 0.717) is 0 Å². The lowest BCUT2D eigenvalue weighted by Gasteiger charge is -2.49. The number of hydrogen-bond acceptors (Lipinski definition) is 1. The number of halogens is 3. The van der Waals surface area contributed by atoms with Gasteiger partial charge < -0.3 is 5.73 Å². The molecule has 0 heterocycles. The van der Waals surface area contributed by atoms with Crippen molar-refractivity contribution in [2.24, 2.45) is 11.1 Å². The highest BCUT2D eigenvalue weighted by atomic mass is 79.9. The molecule has 2 nitrogen and oxygen atoms in total. The Kier molecular flexibility index (Phi) is 3.70. The number of hydrogen-bond donors (Lipinski definition) is 1. The Morgan fingerprint density at radius 2 is 1.75 bits per heavy atom. The SMILES string of the molecule is Cc1cc(Br)cc(C)c1C(C(N)=O)C1(C)CC(F)(F)C1. The molecule has 0 saturated heterocycles. The van der Waals surface area contributed by atoms with Crippen LogP contribution in [0.3, 0.4) is 0 Å². The second-order valence-electron chi connectivity index (χ2n) is 6.15. The van der Waals surface area contributed by atoms with Crippen molar-refractivity contribution in [2.45, 2.75) is 45.5 Å². The lowest BCUT2D eigenvalue weighted by Crippen LogP contribution is -2.51. The van der Waals surface area contributed by atoms with E-state index in [1.807, 2.05) is 26.0 Å². The van der Waals surface area contributed by atoms with E-state index in [2.05, 4.69) is 15.9 Å². The summed E-state index contributed by atoms with van der Waals surface area (Å²) < 4.78 is 27.5. The van der Waals surface area contributed by atoms with Crippen molar-refractivity contribution < 1.29 is 13.6 Å². The Bertz CT molecular complexity index is 540. The van der Waals surface area contributed by atoms with Gasteiger partial charge in [0, 0.05) is 17.3 Å². The highest BCUT2D eigenvalue weighted by molar-refractivity contribution is 9.10. The van der Waals surface area contributed by atoms with Gasteiger partial charge in [0.1, 0.15) is 0 Å². The van der Waals surface area contributed by atoms with Crippen LogP contribution in [-0.4, -0.2) is 11.8 Å². The maximum atomic E-state index is 13.3. The molecule has 1 aromatic carbocycles. The highest BCUT2D eigenvalue weighted by Crippen LogP contribution is 2.59. The molecular weight excluding hydrogens is 328 g/mol. The molecule has 1 unspecified atom stereocenters. The number of benzene rings is 1. The summed E-state index contributed by atoms with van der Waals surface area (Å²) in [6.07, 6.45) is -0.578. The minimum Gasteiger partial charge on any atom is -0.369 e. The second kappa shape index (κ2) is 4.79. The number of carbonyl (C=O) groups excluding carboxylic acids is 1. The molecular formula is C15H18BrF2NO. The smallest absolute Gasteiger partial charge is 0.249 e. The first-order valence-corrected chi connectivity index (χ1v) is 7.29. The predicted octanol–water partition coefficient (Wildman–Crippen LogP) is 4.07. The molecule has 0 bridgehead atoms. The maximum Gasteiger partial charge on any atom is 0.249 e. The van der Waals surface area contributed by atoms with Crippen LogP contribution in [-0.2, 0) is 4.79 Å². The van der Waals surface area contributed by atoms with E-state index in [1.165, 1.54) is 0 Å². The van der Waals surface area contributed by atoms with Crippen LogP contribution >= 0.6 is 15.9 Å². The zero-order chi connectivity index (χ0) is 15.3. The van der Waals surface area contributed by atoms with E-state index in [9.17, 15) is 13.6 Å². The van der Waals surface area contributed by atoms with E-state index >= 15 is 0 Å². The third kappa shape index (κ3) is 2.60. The zero-order valence-corrected chi connectivity index (χ0v) is 13.4. The first-order valence-electron chi connectivity index (χ1n) is 6.49. The molecule has 0 aromatic heterocycles. The van der Waals surface area contributed by atoms with Gasteiger partial charge in [-0.3, -0.25) is 4.79 Å². The molecule has 0 radical (unpaired) electrons. The van der Waals surface area contributed by atoms with Crippen molar-refractivity contribution in [1.82, 2.24) is 0 Å². The summed E-state index contributed by atoms with van der Waals surface area (Å²) >= 11 is 3.40. The molecule has 1 amide bonds. The van der Waals surface area contributed by atoms with Gasteiger partial charge in [-0.2, -0.15) is 0 Å². The van der Waals surface area contributed by atoms with Gasteiger partial charge in [0.2, 0.25) is 11.8 Å². The first kappa shape index (κ1) is 15.4. The summed E-state index contributed by atoms with van der Waals surface area (Å²) in [6, 6.07) is 3.77. The third-order valence-electron chi connectivity index (χ3n) is 4.15. The minimum atomic E-state index is -2.68. The molecule has 1 fully saturated rings. The van der Waals surface area contributed by atoms with Gasteiger partial charge in [-0.15, -0.1) is 0 Å². The third-order valence-corrected chi connectivity index (χ3v) is 4.61. The van der Waals surface area contributed by atoms with Crippen LogP contribution in [0.4, 0.5) is 8.78 Å². The van der Waals surface area contributed by atoms with E-state index < -0.39 is 23.2 Å². The number of nitrogens with two attached hydrogens (primary N) is 1. The molecule has 2 N–H and O–H groups in total. The molecule has 1 aromatic rings. The van der Waals surface area contributed by atoms with Gasteiger partial charge in [0.05, 0.1) is 5.92 Å². The van der Waals surface area contributed by atoms with E-state index in [1.54, 1.807) is 6.92 Å². The molecule has 0 spiro atoms. The average molecular weight is 346 g/mol. The standard InChI is InChI=1S/C15H18BrF2NO/c1-8-4-10(16)5-9(2)11(8)12(13(19)20)14(3)6-15(17,18)7-14/h4-5,12H,6-7H2,1-3H3,(H2,19,20). The number of amides is 1. The molecule has 1 aliphatic rings. The Labute approximate surface area is 125 Å². The maximum absolute atomic E-state index is 13.3.